The van der Waals surface area contributed by atoms with E-state index in [0.717, 1.165) is 28.2 Å². The molecule has 0 aliphatic rings. The molecule has 0 atom stereocenters. The van der Waals surface area contributed by atoms with Gasteiger partial charge < -0.3 is 5.73 Å². The van der Waals surface area contributed by atoms with Crippen LogP contribution in [0, 0.1) is 25.2 Å². The van der Waals surface area contributed by atoms with Gasteiger partial charge in [0, 0.05) is 11.3 Å². The summed E-state index contributed by atoms with van der Waals surface area (Å²) in [5.74, 6) is 0.627. The standard InChI is InChI=1S/C16H14N4/c1-10-7-11(2)20-14(8-10)19-15(16(20)18)13-5-3-12(9-17)4-6-13/h3-8H,18H2,1-2H3. The molecule has 2 N–H and O–H groups in total. The monoisotopic (exact) mass is 262 g/mol. The van der Waals surface area contributed by atoms with Crippen LogP contribution >= 0.6 is 0 Å². The zero-order valence-corrected chi connectivity index (χ0v) is 11.4. The minimum atomic E-state index is 0.627. The van der Waals surface area contributed by atoms with Crippen LogP contribution < -0.4 is 5.73 Å². The lowest BCUT2D eigenvalue weighted by Crippen LogP contribution is -1.98. The second kappa shape index (κ2) is 4.39. The average molecular weight is 262 g/mol. The number of pyridine rings is 1. The Balaban J connectivity index is 2.24. The SMILES string of the molecule is Cc1cc(C)n2c(N)c(-c3ccc(C#N)cc3)nc2c1. The van der Waals surface area contributed by atoms with Gasteiger partial charge in [0.15, 0.2) is 0 Å². The fourth-order valence-electron chi connectivity index (χ4n) is 2.47. The van der Waals surface area contributed by atoms with Crippen LogP contribution in [0.3, 0.4) is 0 Å². The summed E-state index contributed by atoms with van der Waals surface area (Å²) in [6.45, 7) is 4.06. The first-order valence-corrected chi connectivity index (χ1v) is 6.36. The number of hydrogen-bond donors (Lipinski definition) is 1. The molecule has 20 heavy (non-hydrogen) atoms. The van der Waals surface area contributed by atoms with Gasteiger partial charge in [-0.1, -0.05) is 12.1 Å². The molecule has 0 saturated heterocycles. The van der Waals surface area contributed by atoms with Crippen molar-refractivity contribution < 1.29 is 0 Å². The van der Waals surface area contributed by atoms with Crippen LogP contribution in [0.25, 0.3) is 16.9 Å². The number of hydrogen-bond acceptors (Lipinski definition) is 3. The van der Waals surface area contributed by atoms with Crippen LogP contribution in [-0.4, -0.2) is 9.38 Å². The zero-order valence-electron chi connectivity index (χ0n) is 11.4. The lowest BCUT2D eigenvalue weighted by molar-refractivity contribution is 1.09. The molecule has 3 rings (SSSR count). The smallest absolute Gasteiger partial charge is 0.139 e. The molecule has 0 unspecified atom stereocenters. The van der Waals surface area contributed by atoms with Crippen LogP contribution in [0.15, 0.2) is 36.4 Å². The average Bonchev–Trinajstić information content (AvgIpc) is 2.76. The number of rotatable bonds is 1. The summed E-state index contributed by atoms with van der Waals surface area (Å²) < 4.78 is 1.94. The molecule has 1 aromatic carbocycles. The van der Waals surface area contributed by atoms with Gasteiger partial charge in [-0.2, -0.15) is 5.26 Å². The van der Waals surface area contributed by atoms with Crippen LogP contribution in [0.5, 0.6) is 0 Å². The summed E-state index contributed by atoms with van der Waals surface area (Å²) in [4.78, 5) is 4.61. The minimum absolute atomic E-state index is 0.627. The summed E-state index contributed by atoms with van der Waals surface area (Å²) in [6, 6.07) is 13.5. The number of nitriles is 1. The molecule has 0 bridgehead atoms. The lowest BCUT2D eigenvalue weighted by atomic mass is 10.1. The molecule has 2 aromatic heterocycles. The number of anilines is 1. The summed E-state index contributed by atoms with van der Waals surface area (Å²) in [5.41, 5.74) is 11.6. The van der Waals surface area contributed by atoms with E-state index in [2.05, 4.69) is 17.1 Å². The van der Waals surface area contributed by atoms with Crippen molar-refractivity contribution in [2.45, 2.75) is 13.8 Å². The minimum Gasteiger partial charge on any atom is -0.383 e. The van der Waals surface area contributed by atoms with Gasteiger partial charge in [-0.3, -0.25) is 4.40 Å². The number of nitrogens with zero attached hydrogens (tertiary/aromatic N) is 3. The van der Waals surface area contributed by atoms with Gasteiger partial charge in [-0.25, -0.2) is 4.98 Å². The van der Waals surface area contributed by atoms with Crippen molar-refractivity contribution in [1.82, 2.24) is 9.38 Å². The van der Waals surface area contributed by atoms with Crippen molar-refractivity contribution in [1.29, 1.82) is 5.26 Å². The number of benzene rings is 1. The maximum Gasteiger partial charge on any atom is 0.139 e. The molecule has 0 aliphatic carbocycles. The van der Waals surface area contributed by atoms with E-state index in [9.17, 15) is 0 Å². The molecule has 4 nitrogen and oxygen atoms in total. The lowest BCUT2D eigenvalue weighted by Gasteiger charge is -2.03. The summed E-state index contributed by atoms with van der Waals surface area (Å²) in [5, 5.41) is 8.84. The van der Waals surface area contributed by atoms with Gasteiger partial charge >= 0.3 is 0 Å². The predicted molar refractivity (Wildman–Crippen MR) is 79.2 cm³/mol. The Morgan fingerprint density at radius 3 is 2.50 bits per heavy atom. The highest BCUT2D eigenvalue weighted by molar-refractivity contribution is 5.75. The molecule has 0 spiro atoms. The number of nitrogen functional groups attached to an aromatic ring is 1. The van der Waals surface area contributed by atoms with Gasteiger partial charge in [0.05, 0.1) is 11.6 Å². The van der Waals surface area contributed by atoms with Crippen LogP contribution in [0.2, 0.25) is 0 Å². The Morgan fingerprint density at radius 2 is 1.85 bits per heavy atom. The summed E-state index contributed by atoms with van der Waals surface area (Å²) in [7, 11) is 0. The highest BCUT2D eigenvalue weighted by Crippen LogP contribution is 2.28. The molecule has 3 aromatic rings. The molecule has 0 saturated carbocycles. The van der Waals surface area contributed by atoms with Gasteiger partial charge in [-0.15, -0.1) is 0 Å². The Bertz CT molecular complexity index is 836. The van der Waals surface area contributed by atoms with Crippen molar-refractivity contribution in [2.24, 2.45) is 0 Å². The maximum absolute atomic E-state index is 8.84. The van der Waals surface area contributed by atoms with Crippen molar-refractivity contribution in [3.05, 3.63) is 53.2 Å². The van der Waals surface area contributed by atoms with Crippen molar-refractivity contribution in [3.63, 3.8) is 0 Å². The van der Waals surface area contributed by atoms with E-state index in [1.807, 2.05) is 36.4 Å². The van der Waals surface area contributed by atoms with Gasteiger partial charge in [0.25, 0.3) is 0 Å². The topological polar surface area (TPSA) is 67.1 Å². The van der Waals surface area contributed by atoms with Crippen molar-refractivity contribution in [3.8, 4) is 17.3 Å². The fourth-order valence-corrected chi connectivity index (χ4v) is 2.47. The predicted octanol–water partition coefficient (Wildman–Crippen LogP) is 3.07. The third-order valence-electron chi connectivity index (χ3n) is 3.37. The number of nitrogens with two attached hydrogens (primary N) is 1. The van der Waals surface area contributed by atoms with E-state index in [1.165, 1.54) is 0 Å². The molecular formula is C16H14N4. The largest absolute Gasteiger partial charge is 0.383 e. The van der Waals surface area contributed by atoms with E-state index in [0.29, 0.717) is 11.4 Å². The van der Waals surface area contributed by atoms with E-state index in [1.54, 1.807) is 12.1 Å². The molecule has 98 valence electrons. The van der Waals surface area contributed by atoms with Crippen molar-refractivity contribution in [2.75, 3.05) is 5.73 Å². The number of fused-ring (bicyclic) bond motifs is 1. The molecule has 0 fully saturated rings. The van der Waals surface area contributed by atoms with Gasteiger partial charge in [0.1, 0.15) is 17.2 Å². The Hall–Kier alpha value is -2.80. The first-order valence-electron chi connectivity index (χ1n) is 6.36. The van der Waals surface area contributed by atoms with Crippen LogP contribution in [0.1, 0.15) is 16.8 Å². The summed E-state index contributed by atoms with van der Waals surface area (Å²) >= 11 is 0. The highest BCUT2D eigenvalue weighted by Gasteiger charge is 2.13. The molecule has 0 radical (unpaired) electrons. The van der Waals surface area contributed by atoms with Crippen LogP contribution in [-0.2, 0) is 0 Å². The first kappa shape index (κ1) is 12.2. The van der Waals surface area contributed by atoms with Crippen LogP contribution in [0.4, 0.5) is 5.82 Å². The van der Waals surface area contributed by atoms with E-state index in [4.69, 9.17) is 11.0 Å². The third kappa shape index (κ3) is 1.81. The first-order chi connectivity index (χ1) is 9.60. The fraction of sp³-hybridized carbons (Fsp3) is 0.125. The molecule has 0 amide bonds. The Labute approximate surface area is 117 Å². The highest BCUT2D eigenvalue weighted by atomic mass is 15.1. The normalized spacial score (nSPS) is 10.7. The third-order valence-corrected chi connectivity index (χ3v) is 3.37. The van der Waals surface area contributed by atoms with Crippen molar-refractivity contribution >= 4 is 11.5 Å². The Morgan fingerprint density at radius 1 is 1.15 bits per heavy atom. The maximum atomic E-state index is 8.84. The van der Waals surface area contributed by atoms with E-state index < -0.39 is 0 Å². The molecule has 4 heteroatoms. The van der Waals surface area contributed by atoms with E-state index >= 15 is 0 Å². The second-order valence-electron chi connectivity index (χ2n) is 4.90. The molecular weight excluding hydrogens is 248 g/mol. The number of aryl methyl sites for hydroxylation is 2. The quantitative estimate of drug-likeness (QED) is 0.732. The second-order valence-corrected chi connectivity index (χ2v) is 4.90. The molecule has 0 aliphatic heterocycles. The summed E-state index contributed by atoms with van der Waals surface area (Å²) in [6.07, 6.45) is 0. The van der Waals surface area contributed by atoms with E-state index in [-0.39, 0.29) is 0 Å². The Kier molecular flexibility index (Phi) is 2.69. The molecule has 2 heterocycles. The number of imidazole rings is 1. The zero-order chi connectivity index (χ0) is 14.3. The van der Waals surface area contributed by atoms with Gasteiger partial charge in [0.2, 0.25) is 0 Å². The number of aromatic nitrogens is 2. The van der Waals surface area contributed by atoms with Gasteiger partial charge in [-0.05, 0) is 43.7 Å².